The molecule has 0 saturated heterocycles. The normalized spacial score (nSPS) is 24.3. The maximum absolute atomic E-state index is 12.0. The van der Waals surface area contributed by atoms with Gasteiger partial charge in [-0.1, -0.05) is 30.4 Å². The van der Waals surface area contributed by atoms with Crippen molar-refractivity contribution in [1.29, 1.82) is 0 Å². The van der Waals surface area contributed by atoms with Crippen molar-refractivity contribution in [3.63, 3.8) is 0 Å². The van der Waals surface area contributed by atoms with Crippen molar-refractivity contribution in [3.8, 4) is 5.75 Å². The number of carbonyl (C=O) groups excluding carboxylic acids is 1. The smallest absolute Gasteiger partial charge is 0.410 e. The van der Waals surface area contributed by atoms with E-state index >= 15 is 0 Å². The largest absolute Gasteiger partial charge is 0.412 e. The number of rotatable bonds is 2. The minimum atomic E-state index is -0.427. The lowest BCUT2D eigenvalue weighted by atomic mass is 9.96. The Kier molecular flexibility index (Phi) is 5.18. The molecule has 1 aromatic rings. The van der Waals surface area contributed by atoms with E-state index in [4.69, 9.17) is 10.5 Å². The van der Waals surface area contributed by atoms with Gasteiger partial charge in [0, 0.05) is 12.1 Å². The maximum atomic E-state index is 12.0. The first-order valence-electron chi connectivity index (χ1n) is 7.11. The Bertz CT molecular complexity index is 485. The minimum absolute atomic E-state index is 0.0237. The van der Waals surface area contributed by atoms with E-state index in [1.54, 1.807) is 6.07 Å². The fourth-order valence-corrected chi connectivity index (χ4v) is 2.35. The Morgan fingerprint density at radius 2 is 1.95 bits per heavy atom. The van der Waals surface area contributed by atoms with Crippen molar-refractivity contribution in [2.75, 3.05) is 0 Å². The summed E-state index contributed by atoms with van der Waals surface area (Å²) in [5.74, 6) is 0.587. The molecule has 0 bridgehead atoms. The van der Waals surface area contributed by atoms with Gasteiger partial charge in [-0.15, -0.1) is 0 Å². The van der Waals surface area contributed by atoms with Crippen molar-refractivity contribution in [3.05, 3.63) is 42.0 Å². The molecular weight excluding hydrogens is 252 g/mol. The molecule has 4 heteroatoms. The van der Waals surface area contributed by atoms with E-state index in [2.05, 4.69) is 17.5 Å². The summed E-state index contributed by atoms with van der Waals surface area (Å²) in [4.78, 5) is 12.0. The zero-order chi connectivity index (χ0) is 14.4. The lowest BCUT2D eigenvalue weighted by Crippen LogP contribution is -2.48. The molecule has 2 rings (SSSR count). The van der Waals surface area contributed by atoms with Crippen LogP contribution in [0.25, 0.3) is 0 Å². The second-order valence-electron chi connectivity index (χ2n) is 5.20. The molecule has 1 aromatic carbocycles. The summed E-state index contributed by atoms with van der Waals surface area (Å²) < 4.78 is 5.34. The molecular formula is C16H22N2O2. The Labute approximate surface area is 120 Å². The summed E-state index contributed by atoms with van der Waals surface area (Å²) >= 11 is 0. The standard InChI is InChI=1S/C16H22N2O2/c1-12-8-6-7-11-15(12)20-16(19)18-14-10-5-3-2-4-9-13(14)17/h2-3,6-8,11,13-14H,4-5,9-10,17H2,1H3,(H,18,19)/b3-2+. The third kappa shape index (κ3) is 4.10. The van der Waals surface area contributed by atoms with Gasteiger partial charge in [0.25, 0.3) is 0 Å². The molecule has 0 radical (unpaired) electrons. The summed E-state index contributed by atoms with van der Waals surface area (Å²) in [7, 11) is 0. The number of para-hydroxylation sites is 1. The predicted molar refractivity (Wildman–Crippen MR) is 79.7 cm³/mol. The van der Waals surface area contributed by atoms with Gasteiger partial charge >= 0.3 is 6.09 Å². The van der Waals surface area contributed by atoms with Crippen molar-refractivity contribution in [2.45, 2.75) is 44.7 Å². The molecule has 1 aliphatic rings. The molecule has 0 aliphatic heterocycles. The van der Waals surface area contributed by atoms with Gasteiger partial charge in [-0.2, -0.15) is 0 Å². The van der Waals surface area contributed by atoms with Gasteiger partial charge < -0.3 is 15.8 Å². The fraction of sp³-hybridized carbons (Fsp3) is 0.438. The average Bonchev–Trinajstić information content (AvgIpc) is 2.41. The molecule has 2 unspecified atom stereocenters. The van der Waals surface area contributed by atoms with Gasteiger partial charge in [0.2, 0.25) is 0 Å². The topological polar surface area (TPSA) is 64.3 Å². The van der Waals surface area contributed by atoms with Gasteiger partial charge in [0.1, 0.15) is 5.75 Å². The van der Waals surface area contributed by atoms with E-state index in [1.165, 1.54) is 0 Å². The highest BCUT2D eigenvalue weighted by molar-refractivity contribution is 5.71. The van der Waals surface area contributed by atoms with Gasteiger partial charge in [0.15, 0.2) is 0 Å². The fourth-order valence-electron chi connectivity index (χ4n) is 2.35. The Morgan fingerprint density at radius 3 is 2.70 bits per heavy atom. The van der Waals surface area contributed by atoms with Gasteiger partial charge in [-0.25, -0.2) is 4.79 Å². The first-order chi connectivity index (χ1) is 9.66. The number of hydrogen-bond donors (Lipinski definition) is 2. The number of hydrogen-bond acceptors (Lipinski definition) is 3. The first-order valence-corrected chi connectivity index (χ1v) is 7.11. The van der Waals surface area contributed by atoms with E-state index in [0.29, 0.717) is 5.75 Å². The highest BCUT2D eigenvalue weighted by Gasteiger charge is 2.21. The molecule has 0 saturated carbocycles. The van der Waals surface area contributed by atoms with Crippen LogP contribution in [-0.4, -0.2) is 18.2 Å². The van der Waals surface area contributed by atoms with Crippen LogP contribution in [0.5, 0.6) is 5.75 Å². The third-order valence-corrected chi connectivity index (χ3v) is 3.59. The molecule has 3 N–H and O–H groups in total. The van der Waals surface area contributed by atoms with Crippen LogP contribution < -0.4 is 15.8 Å². The zero-order valence-corrected chi connectivity index (χ0v) is 11.8. The molecule has 0 fully saturated rings. The highest BCUT2D eigenvalue weighted by Crippen LogP contribution is 2.17. The molecule has 108 valence electrons. The summed E-state index contributed by atoms with van der Waals surface area (Å²) in [6.45, 7) is 1.91. The molecule has 2 atom stereocenters. The summed E-state index contributed by atoms with van der Waals surface area (Å²) in [6.07, 6.45) is 7.50. The van der Waals surface area contributed by atoms with Crippen LogP contribution in [0.3, 0.4) is 0 Å². The van der Waals surface area contributed by atoms with Crippen molar-refractivity contribution in [2.24, 2.45) is 5.73 Å². The second-order valence-corrected chi connectivity index (χ2v) is 5.20. The number of benzene rings is 1. The molecule has 0 heterocycles. The van der Waals surface area contributed by atoms with Gasteiger partial charge in [-0.3, -0.25) is 0 Å². The van der Waals surface area contributed by atoms with E-state index in [9.17, 15) is 4.79 Å². The highest BCUT2D eigenvalue weighted by atomic mass is 16.6. The number of amides is 1. The predicted octanol–water partition coefficient (Wildman–Crippen LogP) is 2.91. The number of ether oxygens (including phenoxy) is 1. The zero-order valence-electron chi connectivity index (χ0n) is 11.8. The van der Waals surface area contributed by atoms with Gasteiger partial charge in [0.05, 0.1) is 0 Å². The molecule has 1 aliphatic carbocycles. The molecule has 0 aromatic heterocycles. The number of aryl methyl sites for hydroxylation is 1. The molecule has 4 nitrogen and oxygen atoms in total. The summed E-state index contributed by atoms with van der Waals surface area (Å²) in [5, 5.41) is 2.89. The van der Waals surface area contributed by atoms with Crippen LogP contribution in [0.4, 0.5) is 4.79 Å². The lowest BCUT2D eigenvalue weighted by Gasteiger charge is -2.25. The number of carbonyl (C=O) groups is 1. The lowest BCUT2D eigenvalue weighted by molar-refractivity contribution is 0.192. The Hall–Kier alpha value is -1.81. The quantitative estimate of drug-likeness (QED) is 0.815. The van der Waals surface area contributed by atoms with Crippen LogP contribution >= 0.6 is 0 Å². The van der Waals surface area contributed by atoms with Gasteiger partial charge in [-0.05, 0) is 44.2 Å². The first kappa shape index (κ1) is 14.6. The van der Waals surface area contributed by atoms with Crippen LogP contribution in [-0.2, 0) is 0 Å². The van der Waals surface area contributed by atoms with Crippen molar-refractivity contribution >= 4 is 6.09 Å². The van der Waals surface area contributed by atoms with E-state index < -0.39 is 6.09 Å². The van der Waals surface area contributed by atoms with Crippen LogP contribution in [0, 0.1) is 6.92 Å². The molecule has 20 heavy (non-hydrogen) atoms. The summed E-state index contributed by atoms with van der Waals surface area (Å²) in [6, 6.07) is 7.41. The SMILES string of the molecule is Cc1ccccc1OC(=O)NC1CC/C=C/CCC1N. The van der Waals surface area contributed by atoms with Crippen LogP contribution in [0.2, 0.25) is 0 Å². The Balaban J connectivity index is 1.93. The third-order valence-electron chi connectivity index (χ3n) is 3.59. The maximum Gasteiger partial charge on any atom is 0.412 e. The van der Waals surface area contributed by atoms with Crippen molar-refractivity contribution in [1.82, 2.24) is 5.32 Å². The monoisotopic (exact) mass is 274 g/mol. The van der Waals surface area contributed by atoms with E-state index in [1.807, 2.05) is 25.1 Å². The number of nitrogens with one attached hydrogen (secondary N) is 1. The minimum Gasteiger partial charge on any atom is -0.410 e. The van der Waals surface area contributed by atoms with Crippen LogP contribution in [0.1, 0.15) is 31.2 Å². The second kappa shape index (κ2) is 7.10. The summed E-state index contributed by atoms with van der Waals surface area (Å²) in [5.41, 5.74) is 7.05. The van der Waals surface area contributed by atoms with E-state index in [0.717, 1.165) is 31.2 Å². The average molecular weight is 274 g/mol. The van der Waals surface area contributed by atoms with E-state index in [-0.39, 0.29) is 12.1 Å². The van der Waals surface area contributed by atoms with Crippen LogP contribution in [0.15, 0.2) is 36.4 Å². The molecule has 0 spiro atoms. The Morgan fingerprint density at radius 1 is 1.25 bits per heavy atom. The number of nitrogens with two attached hydrogens (primary N) is 1. The number of allylic oxidation sites excluding steroid dienone is 2. The molecule has 1 amide bonds. The van der Waals surface area contributed by atoms with Crippen molar-refractivity contribution < 1.29 is 9.53 Å².